The van der Waals surface area contributed by atoms with Gasteiger partial charge in [-0.25, -0.2) is 4.79 Å². The third-order valence-electron chi connectivity index (χ3n) is 1.16. The lowest BCUT2D eigenvalue weighted by molar-refractivity contribution is 0.0452. The summed E-state index contributed by atoms with van der Waals surface area (Å²) in [6.07, 6.45) is 0.533. The van der Waals surface area contributed by atoms with E-state index in [1.165, 1.54) is 7.11 Å². The summed E-state index contributed by atoms with van der Waals surface area (Å²) in [5, 5.41) is 0. The van der Waals surface area contributed by atoms with Gasteiger partial charge in [0.2, 0.25) is 0 Å². The van der Waals surface area contributed by atoms with Gasteiger partial charge in [0, 0.05) is 12.8 Å². The van der Waals surface area contributed by atoms with Gasteiger partial charge >= 0.3 is 6.16 Å². The predicted octanol–water partition coefficient (Wildman–Crippen LogP) is 1.96. The van der Waals surface area contributed by atoms with Crippen molar-refractivity contribution < 1.29 is 14.3 Å². The maximum absolute atomic E-state index is 10.6. The number of methoxy groups -OCH3 is 1. The summed E-state index contributed by atoms with van der Waals surface area (Å²) in [5.41, 5.74) is 0. The Kier molecular flexibility index (Phi) is 5.90. The molecule has 0 aromatic carbocycles. The quantitative estimate of drug-likeness (QED) is 0.469. The van der Waals surface area contributed by atoms with Crippen LogP contribution in [0.1, 0.15) is 26.7 Å². The van der Waals surface area contributed by atoms with Crippen LogP contribution in [-0.4, -0.2) is 19.4 Å². The molecule has 0 saturated heterocycles. The van der Waals surface area contributed by atoms with E-state index in [4.69, 9.17) is 4.74 Å². The van der Waals surface area contributed by atoms with E-state index in [1.807, 2.05) is 6.92 Å². The van der Waals surface area contributed by atoms with Crippen LogP contribution >= 0.6 is 0 Å². The lowest BCUT2D eigenvalue weighted by atomic mass is 10.3. The Hall–Kier alpha value is -1.17. The van der Waals surface area contributed by atoms with Crippen LogP contribution < -0.4 is 0 Å². The third-order valence-corrected chi connectivity index (χ3v) is 1.16. The van der Waals surface area contributed by atoms with Gasteiger partial charge in [-0.15, -0.1) is 5.92 Å². The standard InChI is InChI=1S/C9H14O3/c1-4-5-6-7-8(2)12-9(10)11-3/h8H,4,7H2,1-3H3. The van der Waals surface area contributed by atoms with Gasteiger partial charge in [0.1, 0.15) is 6.10 Å². The molecule has 1 atom stereocenters. The first-order valence-corrected chi connectivity index (χ1v) is 3.91. The molecule has 3 heteroatoms. The van der Waals surface area contributed by atoms with Crippen molar-refractivity contribution in [3.05, 3.63) is 0 Å². The van der Waals surface area contributed by atoms with Crippen LogP contribution in [-0.2, 0) is 9.47 Å². The van der Waals surface area contributed by atoms with Gasteiger partial charge < -0.3 is 9.47 Å². The van der Waals surface area contributed by atoms with Gasteiger partial charge in [-0.1, -0.05) is 12.8 Å². The minimum Gasteiger partial charge on any atom is -0.438 e. The molecule has 0 aliphatic carbocycles. The van der Waals surface area contributed by atoms with Crippen molar-refractivity contribution in [2.75, 3.05) is 7.11 Å². The summed E-state index contributed by atoms with van der Waals surface area (Å²) in [5.74, 6) is 5.77. The fourth-order valence-electron chi connectivity index (χ4n) is 0.595. The first-order chi connectivity index (χ1) is 5.70. The van der Waals surface area contributed by atoms with Crippen molar-refractivity contribution in [2.24, 2.45) is 0 Å². The van der Waals surface area contributed by atoms with Crippen LogP contribution in [0, 0.1) is 11.8 Å². The Morgan fingerprint density at radius 2 is 2.17 bits per heavy atom. The molecule has 0 aliphatic rings. The van der Waals surface area contributed by atoms with Crippen LogP contribution in [0.4, 0.5) is 4.79 Å². The summed E-state index contributed by atoms with van der Waals surface area (Å²) >= 11 is 0. The summed E-state index contributed by atoms with van der Waals surface area (Å²) in [4.78, 5) is 10.6. The van der Waals surface area contributed by atoms with Crippen molar-refractivity contribution >= 4 is 6.16 Å². The molecule has 0 rings (SSSR count). The number of ether oxygens (including phenoxy) is 2. The number of rotatable bonds is 2. The Morgan fingerprint density at radius 1 is 1.50 bits per heavy atom. The van der Waals surface area contributed by atoms with E-state index in [0.29, 0.717) is 6.42 Å². The van der Waals surface area contributed by atoms with Crippen LogP contribution in [0.2, 0.25) is 0 Å². The second-order valence-corrected chi connectivity index (χ2v) is 2.29. The van der Waals surface area contributed by atoms with E-state index in [-0.39, 0.29) is 6.10 Å². The summed E-state index contributed by atoms with van der Waals surface area (Å²) in [7, 11) is 1.28. The van der Waals surface area contributed by atoms with Crippen LogP contribution in [0.15, 0.2) is 0 Å². The molecule has 0 fully saturated rings. The monoisotopic (exact) mass is 170 g/mol. The Balaban J connectivity index is 3.59. The van der Waals surface area contributed by atoms with Gasteiger partial charge in [0.05, 0.1) is 7.11 Å². The average molecular weight is 170 g/mol. The fraction of sp³-hybridized carbons (Fsp3) is 0.667. The van der Waals surface area contributed by atoms with Crippen molar-refractivity contribution in [1.29, 1.82) is 0 Å². The predicted molar refractivity (Wildman–Crippen MR) is 45.6 cm³/mol. The van der Waals surface area contributed by atoms with Gasteiger partial charge in [0.15, 0.2) is 0 Å². The van der Waals surface area contributed by atoms with Gasteiger partial charge in [-0.3, -0.25) is 0 Å². The molecule has 0 saturated carbocycles. The highest BCUT2D eigenvalue weighted by molar-refractivity contribution is 5.59. The molecule has 0 spiro atoms. The summed E-state index contributed by atoms with van der Waals surface area (Å²) in [6, 6.07) is 0. The molecule has 68 valence electrons. The highest BCUT2D eigenvalue weighted by Crippen LogP contribution is 1.97. The molecule has 12 heavy (non-hydrogen) atoms. The molecule has 0 aromatic heterocycles. The van der Waals surface area contributed by atoms with Crippen LogP contribution in [0.3, 0.4) is 0 Å². The minimum absolute atomic E-state index is 0.198. The first kappa shape index (κ1) is 10.8. The van der Waals surface area contributed by atoms with E-state index in [0.717, 1.165) is 6.42 Å². The molecule has 0 bridgehead atoms. The maximum Gasteiger partial charge on any atom is 0.508 e. The Bertz CT molecular complexity index is 188. The van der Waals surface area contributed by atoms with Crippen molar-refractivity contribution in [3.63, 3.8) is 0 Å². The molecule has 0 radical (unpaired) electrons. The number of hydrogen-bond donors (Lipinski definition) is 0. The normalized spacial score (nSPS) is 10.9. The van der Waals surface area contributed by atoms with Gasteiger partial charge in [-0.2, -0.15) is 0 Å². The zero-order valence-electron chi connectivity index (χ0n) is 7.72. The molecule has 0 amide bonds. The number of carbonyl (C=O) groups is 1. The Labute approximate surface area is 73.0 Å². The van der Waals surface area contributed by atoms with Crippen molar-refractivity contribution in [3.8, 4) is 11.8 Å². The first-order valence-electron chi connectivity index (χ1n) is 3.91. The summed E-state index contributed by atoms with van der Waals surface area (Å²) < 4.78 is 9.10. The number of hydrogen-bond acceptors (Lipinski definition) is 3. The number of carbonyl (C=O) groups excluding carboxylic acids is 1. The van der Waals surface area contributed by atoms with E-state index >= 15 is 0 Å². The van der Waals surface area contributed by atoms with E-state index in [9.17, 15) is 4.79 Å². The highest BCUT2D eigenvalue weighted by Gasteiger charge is 2.06. The van der Waals surface area contributed by atoms with Crippen molar-refractivity contribution in [2.45, 2.75) is 32.8 Å². The molecule has 0 aromatic rings. The molecule has 0 heterocycles. The maximum atomic E-state index is 10.6. The smallest absolute Gasteiger partial charge is 0.438 e. The average Bonchev–Trinajstić information content (AvgIpc) is 2.05. The molecule has 0 aliphatic heterocycles. The third kappa shape index (κ3) is 5.60. The van der Waals surface area contributed by atoms with Crippen LogP contribution in [0.25, 0.3) is 0 Å². The Morgan fingerprint density at radius 3 is 2.67 bits per heavy atom. The van der Waals surface area contributed by atoms with Crippen molar-refractivity contribution in [1.82, 2.24) is 0 Å². The molecule has 0 N–H and O–H groups in total. The molecule has 1 unspecified atom stereocenters. The van der Waals surface area contributed by atoms with Gasteiger partial charge in [-0.05, 0) is 6.92 Å². The van der Waals surface area contributed by atoms with E-state index in [2.05, 4.69) is 16.6 Å². The minimum atomic E-state index is -0.652. The molecular weight excluding hydrogens is 156 g/mol. The zero-order valence-corrected chi connectivity index (χ0v) is 7.72. The van der Waals surface area contributed by atoms with E-state index in [1.54, 1.807) is 6.92 Å². The lowest BCUT2D eigenvalue weighted by Crippen LogP contribution is -2.13. The highest BCUT2D eigenvalue weighted by atomic mass is 16.7. The lowest BCUT2D eigenvalue weighted by Gasteiger charge is -2.07. The molecule has 3 nitrogen and oxygen atoms in total. The van der Waals surface area contributed by atoms with Crippen LogP contribution in [0.5, 0.6) is 0 Å². The zero-order chi connectivity index (χ0) is 9.40. The topological polar surface area (TPSA) is 35.5 Å². The summed E-state index contributed by atoms with van der Waals surface area (Å²) in [6.45, 7) is 3.75. The van der Waals surface area contributed by atoms with E-state index < -0.39 is 6.16 Å². The largest absolute Gasteiger partial charge is 0.508 e. The second-order valence-electron chi connectivity index (χ2n) is 2.29. The molecular formula is C9H14O3. The van der Waals surface area contributed by atoms with Gasteiger partial charge in [0.25, 0.3) is 0 Å². The fourth-order valence-corrected chi connectivity index (χ4v) is 0.595. The second kappa shape index (κ2) is 6.53. The SMILES string of the molecule is CCC#CCC(C)OC(=O)OC.